The molecule has 0 bridgehead atoms. The topological polar surface area (TPSA) is 56.5 Å². The van der Waals surface area contributed by atoms with Crippen molar-refractivity contribution in [1.29, 1.82) is 0 Å². The Labute approximate surface area is 101 Å². The molecule has 3 N–H and O–H groups in total. The van der Waals surface area contributed by atoms with Gasteiger partial charge in [0.25, 0.3) is 0 Å². The van der Waals surface area contributed by atoms with Gasteiger partial charge in [-0.2, -0.15) is 0 Å². The van der Waals surface area contributed by atoms with E-state index in [1.54, 1.807) is 14.2 Å². The molecule has 0 atom stereocenters. The molecule has 4 nitrogen and oxygen atoms in total. The molecule has 0 unspecified atom stereocenters. The van der Waals surface area contributed by atoms with E-state index in [2.05, 4.69) is 11.9 Å². The Morgan fingerprint density at radius 2 is 1.62 bits per heavy atom. The van der Waals surface area contributed by atoms with E-state index < -0.39 is 8.56 Å². The summed E-state index contributed by atoms with van der Waals surface area (Å²) in [5.74, 6) is 0. The Morgan fingerprint density at radius 3 is 2.19 bits per heavy atom. The fraction of sp³-hybridized carbons (Fsp3) is 1.00. The van der Waals surface area contributed by atoms with Crippen molar-refractivity contribution in [2.24, 2.45) is 5.73 Å². The minimum atomic E-state index is -1.84. The lowest BCUT2D eigenvalue weighted by Gasteiger charge is -2.22. The SMILES string of the molecule is CO[Si](C)(CCCNCCCCCN)OC. The van der Waals surface area contributed by atoms with Crippen LogP contribution in [-0.4, -0.2) is 42.4 Å². The Bertz CT molecular complexity index is 155. The average molecular weight is 248 g/mol. The zero-order valence-corrected chi connectivity index (χ0v) is 12.1. The van der Waals surface area contributed by atoms with E-state index in [9.17, 15) is 0 Å². The van der Waals surface area contributed by atoms with Crippen LogP contribution in [0, 0.1) is 0 Å². The molecule has 0 aromatic carbocycles. The maximum Gasteiger partial charge on any atom is 0.334 e. The van der Waals surface area contributed by atoms with Crippen molar-refractivity contribution >= 4 is 8.56 Å². The molecule has 0 rings (SSSR count). The molecular formula is C11H28N2O2Si. The van der Waals surface area contributed by atoms with Crippen LogP contribution < -0.4 is 11.1 Å². The standard InChI is InChI=1S/C11H28N2O2Si/c1-14-16(3,15-2)11-7-10-13-9-6-4-5-8-12/h13H,4-12H2,1-3H3. The molecule has 0 aromatic rings. The molecular weight excluding hydrogens is 220 g/mol. The molecule has 0 aliphatic carbocycles. The first-order chi connectivity index (χ1) is 7.68. The fourth-order valence-electron chi connectivity index (χ4n) is 1.52. The third kappa shape index (κ3) is 8.24. The molecule has 98 valence electrons. The van der Waals surface area contributed by atoms with E-state index in [-0.39, 0.29) is 0 Å². The molecule has 0 amide bonds. The van der Waals surface area contributed by atoms with Crippen LogP contribution in [0.1, 0.15) is 25.7 Å². The Morgan fingerprint density at radius 1 is 1.00 bits per heavy atom. The van der Waals surface area contributed by atoms with E-state index in [1.165, 1.54) is 12.8 Å². The van der Waals surface area contributed by atoms with Gasteiger partial charge in [-0.3, -0.25) is 0 Å². The summed E-state index contributed by atoms with van der Waals surface area (Å²) >= 11 is 0. The summed E-state index contributed by atoms with van der Waals surface area (Å²) in [6.07, 6.45) is 4.72. The van der Waals surface area contributed by atoms with Crippen LogP contribution in [0.5, 0.6) is 0 Å². The molecule has 0 heterocycles. The first kappa shape index (κ1) is 16.1. The maximum atomic E-state index is 5.43. The van der Waals surface area contributed by atoms with Gasteiger partial charge in [-0.25, -0.2) is 0 Å². The van der Waals surface area contributed by atoms with Crippen molar-refractivity contribution in [3.8, 4) is 0 Å². The summed E-state index contributed by atoms with van der Waals surface area (Å²) in [7, 11) is 1.66. The van der Waals surface area contributed by atoms with Gasteiger partial charge in [0, 0.05) is 14.2 Å². The highest BCUT2D eigenvalue weighted by Crippen LogP contribution is 2.12. The summed E-state index contributed by atoms with van der Waals surface area (Å²) in [5, 5.41) is 3.44. The summed E-state index contributed by atoms with van der Waals surface area (Å²) < 4.78 is 10.8. The zero-order chi connectivity index (χ0) is 12.3. The third-order valence-electron chi connectivity index (χ3n) is 2.91. The third-order valence-corrected chi connectivity index (χ3v) is 5.89. The van der Waals surface area contributed by atoms with Crippen LogP contribution in [0.3, 0.4) is 0 Å². The average Bonchev–Trinajstić information content (AvgIpc) is 2.32. The largest absolute Gasteiger partial charge is 0.398 e. The van der Waals surface area contributed by atoms with E-state index in [4.69, 9.17) is 14.6 Å². The molecule has 0 aliphatic rings. The minimum Gasteiger partial charge on any atom is -0.398 e. The number of nitrogens with two attached hydrogens (primary N) is 1. The molecule has 0 fully saturated rings. The van der Waals surface area contributed by atoms with Crippen molar-refractivity contribution in [3.05, 3.63) is 0 Å². The fourth-order valence-corrected chi connectivity index (χ4v) is 2.91. The van der Waals surface area contributed by atoms with Crippen molar-refractivity contribution in [3.63, 3.8) is 0 Å². The lowest BCUT2D eigenvalue weighted by Crippen LogP contribution is -2.36. The summed E-state index contributed by atoms with van der Waals surface area (Å²) in [6.45, 7) is 5.07. The van der Waals surface area contributed by atoms with Gasteiger partial charge in [-0.15, -0.1) is 0 Å². The quantitative estimate of drug-likeness (QED) is 0.429. The predicted molar refractivity (Wildman–Crippen MR) is 70.8 cm³/mol. The molecule has 0 spiro atoms. The minimum absolute atomic E-state index is 0.811. The van der Waals surface area contributed by atoms with Gasteiger partial charge in [0.15, 0.2) is 0 Å². The normalized spacial score (nSPS) is 12.0. The Balaban J connectivity index is 3.26. The highest BCUT2D eigenvalue weighted by Gasteiger charge is 2.27. The highest BCUT2D eigenvalue weighted by molar-refractivity contribution is 6.65. The van der Waals surface area contributed by atoms with Gasteiger partial charge in [0.1, 0.15) is 0 Å². The first-order valence-corrected chi connectivity index (χ1v) is 8.72. The van der Waals surface area contributed by atoms with Gasteiger partial charge < -0.3 is 19.9 Å². The number of hydrogen-bond acceptors (Lipinski definition) is 4. The molecule has 0 saturated heterocycles. The monoisotopic (exact) mass is 248 g/mol. The second-order valence-corrected chi connectivity index (χ2v) is 7.83. The molecule has 0 aliphatic heterocycles. The zero-order valence-electron chi connectivity index (χ0n) is 11.1. The lowest BCUT2D eigenvalue weighted by atomic mass is 10.2. The van der Waals surface area contributed by atoms with Gasteiger partial charge in [-0.1, -0.05) is 6.42 Å². The van der Waals surface area contributed by atoms with E-state index in [1.807, 2.05) is 0 Å². The van der Waals surface area contributed by atoms with Crippen molar-refractivity contribution in [2.75, 3.05) is 33.9 Å². The lowest BCUT2D eigenvalue weighted by molar-refractivity contribution is 0.248. The van der Waals surface area contributed by atoms with Gasteiger partial charge >= 0.3 is 8.56 Å². The summed E-state index contributed by atoms with van der Waals surface area (Å²) in [5.41, 5.74) is 5.43. The van der Waals surface area contributed by atoms with Crippen LogP contribution in [0.2, 0.25) is 12.6 Å². The number of rotatable bonds is 11. The molecule has 0 aromatic heterocycles. The Hall–Kier alpha value is 0.0569. The smallest absolute Gasteiger partial charge is 0.334 e. The van der Waals surface area contributed by atoms with Gasteiger partial charge in [-0.05, 0) is 51.5 Å². The molecule has 5 heteroatoms. The van der Waals surface area contributed by atoms with Crippen LogP contribution >= 0.6 is 0 Å². The molecule has 16 heavy (non-hydrogen) atoms. The van der Waals surface area contributed by atoms with Crippen molar-refractivity contribution < 1.29 is 8.85 Å². The van der Waals surface area contributed by atoms with E-state index in [0.717, 1.165) is 38.5 Å². The highest BCUT2D eigenvalue weighted by atomic mass is 28.4. The van der Waals surface area contributed by atoms with Crippen LogP contribution in [0.25, 0.3) is 0 Å². The van der Waals surface area contributed by atoms with Crippen LogP contribution in [0.4, 0.5) is 0 Å². The van der Waals surface area contributed by atoms with Gasteiger partial charge in [0.05, 0.1) is 0 Å². The van der Waals surface area contributed by atoms with Gasteiger partial charge in [0.2, 0.25) is 0 Å². The number of hydrogen-bond donors (Lipinski definition) is 2. The van der Waals surface area contributed by atoms with Crippen LogP contribution in [0.15, 0.2) is 0 Å². The second-order valence-electron chi connectivity index (χ2n) is 4.24. The summed E-state index contributed by atoms with van der Waals surface area (Å²) in [4.78, 5) is 0. The molecule has 0 radical (unpaired) electrons. The number of unbranched alkanes of at least 4 members (excludes halogenated alkanes) is 2. The Kier molecular flexibility index (Phi) is 10.3. The molecule has 0 saturated carbocycles. The summed E-state index contributed by atoms with van der Waals surface area (Å²) in [6, 6.07) is 1.05. The van der Waals surface area contributed by atoms with E-state index in [0.29, 0.717) is 0 Å². The second kappa shape index (κ2) is 10.2. The van der Waals surface area contributed by atoms with Crippen molar-refractivity contribution in [2.45, 2.75) is 38.3 Å². The predicted octanol–water partition coefficient (Wildman–Crippen LogP) is 1.46. The first-order valence-electron chi connectivity index (χ1n) is 6.19. The van der Waals surface area contributed by atoms with E-state index >= 15 is 0 Å². The van der Waals surface area contributed by atoms with Crippen molar-refractivity contribution in [1.82, 2.24) is 5.32 Å². The maximum absolute atomic E-state index is 5.43. The van der Waals surface area contributed by atoms with Crippen LogP contribution in [-0.2, 0) is 8.85 Å². The number of nitrogens with one attached hydrogen (secondary N) is 1.